The second-order valence-corrected chi connectivity index (χ2v) is 5.33. The molecule has 2 rings (SSSR count). The lowest BCUT2D eigenvalue weighted by atomic mass is 9.75. The zero-order chi connectivity index (χ0) is 11.1. The second kappa shape index (κ2) is 3.52. The normalized spacial score (nSPS) is 21.1. The van der Waals surface area contributed by atoms with Crippen LogP contribution < -0.4 is 0 Å². The lowest BCUT2D eigenvalue weighted by molar-refractivity contribution is 0.520. The number of hydrogen-bond donors (Lipinski definition) is 0. The minimum atomic E-state index is 0.239. The molecule has 0 fully saturated rings. The Morgan fingerprint density at radius 2 is 1.80 bits per heavy atom. The fourth-order valence-corrected chi connectivity index (χ4v) is 2.40. The molecule has 80 valence electrons. The summed E-state index contributed by atoms with van der Waals surface area (Å²) in [6, 6.07) is 0. The van der Waals surface area contributed by atoms with E-state index in [1.165, 1.54) is 11.1 Å². The van der Waals surface area contributed by atoms with Crippen LogP contribution in [0.4, 0.5) is 0 Å². The van der Waals surface area contributed by atoms with Crippen molar-refractivity contribution in [1.29, 1.82) is 0 Å². The van der Waals surface area contributed by atoms with Gasteiger partial charge < -0.3 is 0 Å². The molecule has 0 aromatic heterocycles. The fourth-order valence-electron chi connectivity index (χ4n) is 2.40. The molecular weight excluding hydrogens is 180 g/mol. The Hall–Kier alpha value is -1.04. The number of hydrogen-bond acceptors (Lipinski definition) is 0. The van der Waals surface area contributed by atoms with Gasteiger partial charge in [-0.3, -0.25) is 0 Å². The Morgan fingerprint density at radius 3 is 2.27 bits per heavy atom. The third-order valence-corrected chi connectivity index (χ3v) is 3.69. The van der Waals surface area contributed by atoms with Gasteiger partial charge in [-0.25, -0.2) is 0 Å². The topological polar surface area (TPSA) is 0 Å². The van der Waals surface area contributed by atoms with Gasteiger partial charge in [0.25, 0.3) is 0 Å². The van der Waals surface area contributed by atoms with Crippen LogP contribution in [0.15, 0.2) is 46.6 Å². The molecule has 2 aliphatic rings. The van der Waals surface area contributed by atoms with Gasteiger partial charge in [-0.05, 0) is 26.7 Å². The monoisotopic (exact) mass is 200 g/mol. The van der Waals surface area contributed by atoms with Crippen molar-refractivity contribution in [1.82, 2.24) is 0 Å². The highest BCUT2D eigenvalue weighted by atomic mass is 14.3. The highest BCUT2D eigenvalue weighted by molar-refractivity contribution is 5.43. The van der Waals surface area contributed by atoms with Crippen LogP contribution in [0.5, 0.6) is 0 Å². The molecule has 0 atom stereocenters. The van der Waals surface area contributed by atoms with Crippen molar-refractivity contribution in [3.8, 4) is 0 Å². The van der Waals surface area contributed by atoms with Crippen LogP contribution >= 0.6 is 0 Å². The van der Waals surface area contributed by atoms with Crippen molar-refractivity contribution in [3.05, 3.63) is 46.6 Å². The molecule has 0 saturated heterocycles. The molecule has 0 heterocycles. The van der Waals surface area contributed by atoms with Gasteiger partial charge in [0.05, 0.1) is 0 Å². The minimum absolute atomic E-state index is 0.239. The minimum Gasteiger partial charge on any atom is -0.0775 e. The van der Waals surface area contributed by atoms with E-state index in [2.05, 4.69) is 52.0 Å². The fraction of sp³-hybridized carbons (Fsp3) is 0.467. The maximum absolute atomic E-state index is 2.36. The Morgan fingerprint density at radius 1 is 1.07 bits per heavy atom. The quantitative estimate of drug-likeness (QED) is 0.612. The lowest BCUT2D eigenvalue weighted by Crippen LogP contribution is -2.16. The molecule has 0 heteroatoms. The van der Waals surface area contributed by atoms with Gasteiger partial charge in [0.2, 0.25) is 0 Å². The SMILES string of the molecule is CC1=CCC(C(C)(C)C2=CC=C(C)C2)=C1. The van der Waals surface area contributed by atoms with E-state index in [9.17, 15) is 0 Å². The molecule has 0 nitrogen and oxygen atoms in total. The molecule has 0 radical (unpaired) electrons. The van der Waals surface area contributed by atoms with Crippen LogP contribution in [0.25, 0.3) is 0 Å². The van der Waals surface area contributed by atoms with Gasteiger partial charge in [0.1, 0.15) is 0 Å². The maximum atomic E-state index is 2.36. The van der Waals surface area contributed by atoms with E-state index in [0.29, 0.717) is 0 Å². The molecule has 0 saturated carbocycles. The van der Waals surface area contributed by atoms with Crippen molar-refractivity contribution in [2.75, 3.05) is 0 Å². The molecule has 2 aliphatic carbocycles. The summed E-state index contributed by atoms with van der Waals surface area (Å²) >= 11 is 0. The van der Waals surface area contributed by atoms with Crippen LogP contribution in [0.3, 0.4) is 0 Å². The molecule has 0 aliphatic heterocycles. The Labute approximate surface area is 93.1 Å². The molecule has 0 unspecified atom stereocenters. The first kappa shape index (κ1) is 10.5. The van der Waals surface area contributed by atoms with E-state index in [-0.39, 0.29) is 5.41 Å². The van der Waals surface area contributed by atoms with Gasteiger partial charge in [0.15, 0.2) is 0 Å². The highest BCUT2D eigenvalue weighted by Gasteiger charge is 2.29. The summed E-state index contributed by atoms with van der Waals surface area (Å²) in [5, 5.41) is 0. The number of rotatable bonds is 2. The van der Waals surface area contributed by atoms with Crippen molar-refractivity contribution >= 4 is 0 Å². The zero-order valence-electron chi connectivity index (χ0n) is 10.2. The summed E-state index contributed by atoms with van der Waals surface area (Å²) in [5.74, 6) is 0. The van der Waals surface area contributed by atoms with Crippen LogP contribution in [0, 0.1) is 5.41 Å². The molecule has 0 aromatic rings. The summed E-state index contributed by atoms with van der Waals surface area (Å²) in [7, 11) is 0. The molecule has 0 bridgehead atoms. The van der Waals surface area contributed by atoms with Crippen LogP contribution in [-0.2, 0) is 0 Å². The van der Waals surface area contributed by atoms with Crippen LogP contribution in [0.1, 0.15) is 40.5 Å². The van der Waals surface area contributed by atoms with Crippen LogP contribution in [0.2, 0.25) is 0 Å². The molecule has 0 N–H and O–H groups in total. The van der Waals surface area contributed by atoms with Crippen molar-refractivity contribution < 1.29 is 0 Å². The molecular formula is C15H20. The van der Waals surface area contributed by atoms with Crippen LogP contribution in [-0.4, -0.2) is 0 Å². The van der Waals surface area contributed by atoms with E-state index in [1.54, 1.807) is 11.1 Å². The standard InChI is InChI=1S/C15H20/c1-11-5-7-13(9-11)15(3,4)14-8-6-12(2)10-14/h5-7,10H,8-9H2,1-4H3. The van der Waals surface area contributed by atoms with Gasteiger partial charge in [-0.15, -0.1) is 0 Å². The van der Waals surface area contributed by atoms with Crippen molar-refractivity contribution in [3.63, 3.8) is 0 Å². The maximum Gasteiger partial charge on any atom is 0.00766 e. The predicted molar refractivity (Wildman–Crippen MR) is 66.7 cm³/mol. The van der Waals surface area contributed by atoms with Gasteiger partial charge in [-0.2, -0.15) is 0 Å². The first-order valence-corrected chi connectivity index (χ1v) is 5.75. The summed E-state index contributed by atoms with van der Waals surface area (Å²) in [5.41, 5.74) is 6.27. The third kappa shape index (κ3) is 1.86. The summed E-state index contributed by atoms with van der Waals surface area (Å²) in [6.07, 6.45) is 11.5. The summed E-state index contributed by atoms with van der Waals surface area (Å²) in [4.78, 5) is 0. The lowest BCUT2D eigenvalue weighted by Gasteiger charge is -2.29. The Balaban J connectivity index is 2.19. The van der Waals surface area contributed by atoms with E-state index in [4.69, 9.17) is 0 Å². The second-order valence-electron chi connectivity index (χ2n) is 5.33. The Kier molecular flexibility index (Phi) is 2.46. The average Bonchev–Trinajstić information content (AvgIpc) is 2.74. The first-order chi connectivity index (χ1) is 7.00. The smallest absolute Gasteiger partial charge is 0.00766 e. The molecule has 15 heavy (non-hydrogen) atoms. The average molecular weight is 200 g/mol. The van der Waals surface area contributed by atoms with Gasteiger partial charge in [0, 0.05) is 5.41 Å². The largest absolute Gasteiger partial charge is 0.0775 e. The Bertz CT molecular complexity index is 398. The van der Waals surface area contributed by atoms with E-state index < -0.39 is 0 Å². The predicted octanol–water partition coefficient (Wildman–Crippen LogP) is 4.57. The van der Waals surface area contributed by atoms with E-state index >= 15 is 0 Å². The van der Waals surface area contributed by atoms with Crippen molar-refractivity contribution in [2.45, 2.75) is 40.5 Å². The third-order valence-electron chi connectivity index (χ3n) is 3.69. The van der Waals surface area contributed by atoms with Gasteiger partial charge in [-0.1, -0.05) is 60.4 Å². The van der Waals surface area contributed by atoms with E-state index in [0.717, 1.165) is 12.8 Å². The van der Waals surface area contributed by atoms with E-state index in [1.807, 2.05) is 0 Å². The molecule has 0 spiro atoms. The molecule has 0 amide bonds. The summed E-state index contributed by atoms with van der Waals surface area (Å²) in [6.45, 7) is 9.11. The van der Waals surface area contributed by atoms with Crippen molar-refractivity contribution in [2.24, 2.45) is 5.41 Å². The summed E-state index contributed by atoms with van der Waals surface area (Å²) < 4.78 is 0. The number of allylic oxidation sites excluding steroid dienone is 8. The highest BCUT2D eigenvalue weighted by Crippen LogP contribution is 2.43. The van der Waals surface area contributed by atoms with Gasteiger partial charge >= 0.3 is 0 Å². The molecule has 0 aromatic carbocycles. The zero-order valence-corrected chi connectivity index (χ0v) is 10.2. The first-order valence-electron chi connectivity index (χ1n) is 5.75.